The van der Waals surface area contributed by atoms with Crippen LogP contribution in [-0.2, 0) is 25.4 Å². The summed E-state index contributed by atoms with van der Waals surface area (Å²) in [5.74, 6) is -0.830. The number of ether oxygens (including phenoxy) is 4. The number of carbonyl (C=O) groups excluding carboxylic acids is 1. The van der Waals surface area contributed by atoms with Crippen molar-refractivity contribution in [2.24, 2.45) is 5.41 Å². The van der Waals surface area contributed by atoms with E-state index in [0.29, 0.717) is 85.4 Å². The zero-order valence-corrected chi connectivity index (χ0v) is 23.7. The van der Waals surface area contributed by atoms with Crippen molar-refractivity contribution in [2.45, 2.75) is 32.5 Å². The molecule has 9 nitrogen and oxygen atoms in total. The summed E-state index contributed by atoms with van der Waals surface area (Å²) in [6.45, 7) is 7.96. The van der Waals surface area contributed by atoms with Crippen LogP contribution in [0.5, 0.6) is 5.75 Å². The maximum Gasteiger partial charge on any atom is 0.195 e. The molecule has 3 aromatic rings. The van der Waals surface area contributed by atoms with Gasteiger partial charge in [0.2, 0.25) is 0 Å². The largest absolute Gasteiger partial charge is 0.492 e. The third-order valence-corrected chi connectivity index (χ3v) is 7.90. The summed E-state index contributed by atoms with van der Waals surface area (Å²) in [7, 11) is 0. The number of hydrogen-bond acceptors (Lipinski definition) is 9. The molecule has 1 N–H and O–H groups in total. The summed E-state index contributed by atoms with van der Waals surface area (Å²) < 4.78 is 51.9. The van der Waals surface area contributed by atoms with Crippen molar-refractivity contribution in [3.8, 4) is 5.75 Å². The van der Waals surface area contributed by atoms with Gasteiger partial charge in [-0.1, -0.05) is 6.92 Å². The van der Waals surface area contributed by atoms with E-state index in [1.54, 1.807) is 31.2 Å². The molecule has 0 aliphatic carbocycles. The molecule has 2 aromatic carbocycles. The van der Waals surface area contributed by atoms with Crippen LogP contribution in [0.4, 0.5) is 20.3 Å². The van der Waals surface area contributed by atoms with Gasteiger partial charge in [0, 0.05) is 54.2 Å². The number of Topliss-reactive ketones (excluding diaryl/α,β-unsaturated/α-hetero) is 1. The molecule has 3 aliphatic heterocycles. The first kappa shape index (κ1) is 28.6. The molecule has 0 radical (unpaired) electrons. The number of halogens is 2. The van der Waals surface area contributed by atoms with Gasteiger partial charge in [-0.25, -0.2) is 18.7 Å². The Labute approximate surface area is 242 Å². The van der Waals surface area contributed by atoms with Gasteiger partial charge in [-0.15, -0.1) is 0 Å². The second-order valence-corrected chi connectivity index (χ2v) is 11.6. The third kappa shape index (κ3) is 6.29. The van der Waals surface area contributed by atoms with Crippen LogP contribution in [0.3, 0.4) is 0 Å². The average molecular weight is 581 g/mol. The van der Waals surface area contributed by atoms with E-state index in [4.69, 9.17) is 18.9 Å². The summed E-state index contributed by atoms with van der Waals surface area (Å²) in [6.07, 6.45) is 2.50. The molecular weight excluding hydrogens is 546 g/mol. The molecule has 6 rings (SSSR count). The van der Waals surface area contributed by atoms with Gasteiger partial charge in [-0.3, -0.25) is 9.69 Å². The maximum absolute atomic E-state index is 15.1. The number of rotatable bonds is 10. The summed E-state index contributed by atoms with van der Waals surface area (Å²) in [5.41, 5.74) is 2.10. The Bertz CT molecular complexity index is 1500. The molecule has 0 spiro atoms. The predicted molar refractivity (Wildman–Crippen MR) is 152 cm³/mol. The number of anilines is 2. The van der Waals surface area contributed by atoms with E-state index in [1.165, 1.54) is 18.5 Å². The zero-order valence-electron chi connectivity index (χ0n) is 23.7. The van der Waals surface area contributed by atoms with Crippen molar-refractivity contribution in [3.63, 3.8) is 0 Å². The molecule has 4 heterocycles. The lowest BCUT2D eigenvalue weighted by Crippen LogP contribution is -2.44. The second-order valence-electron chi connectivity index (χ2n) is 11.6. The predicted octanol–water partition coefficient (Wildman–Crippen LogP) is 4.30. The zero-order chi connectivity index (χ0) is 29.3. The van der Waals surface area contributed by atoms with Crippen molar-refractivity contribution in [1.82, 2.24) is 14.9 Å². The minimum absolute atomic E-state index is 0.0185. The Morgan fingerprint density at radius 1 is 1.17 bits per heavy atom. The number of benzene rings is 2. The van der Waals surface area contributed by atoms with Gasteiger partial charge in [-0.2, -0.15) is 0 Å². The first-order valence-electron chi connectivity index (χ1n) is 14.1. The molecule has 11 heteroatoms. The fourth-order valence-electron chi connectivity index (χ4n) is 5.41. The quantitative estimate of drug-likeness (QED) is 0.352. The Hall–Kier alpha value is -3.51. The van der Waals surface area contributed by atoms with Crippen LogP contribution in [0.25, 0.3) is 10.9 Å². The number of aromatic nitrogens is 2. The summed E-state index contributed by atoms with van der Waals surface area (Å²) in [6, 6.07) is 8.19. The number of nitrogens with zero attached hydrogens (tertiary/aromatic N) is 3. The van der Waals surface area contributed by atoms with Gasteiger partial charge in [0.15, 0.2) is 11.6 Å². The van der Waals surface area contributed by atoms with Crippen molar-refractivity contribution >= 4 is 28.2 Å². The number of carbonyl (C=O) groups is 1. The van der Waals surface area contributed by atoms with Gasteiger partial charge >= 0.3 is 0 Å². The van der Waals surface area contributed by atoms with Gasteiger partial charge in [0.05, 0.1) is 50.8 Å². The monoisotopic (exact) mass is 580 g/mol. The van der Waals surface area contributed by atoms with E-state index in [2.05, 4.69) is 22.2 Å². The lowest BCUT2D eigenvalue weighted by atomic mass is 9.90. The van der Waals surface area contributed by atoms with Crippen molar-refractivity contribution < 1.29 is 32.5 Å². The van der Waals surface area contributed by atoms with Gasteiger partial charge in [0.1, 0.15) is 23.7 Å². The van der Waals surface area contributed by atoms with E-state index >= 15 is 4.39 Å². The molecule has 42 heavy (non-hydrogen) atoms. The fourth-order valence-corrected chi connectivity index (χ4v) is 5.41. The molecule has 1 aromatic heterocycles. The third-order valence-electron chi connectivity index (χ3n) is 7.90. The Morgan fingerprint density at radius 3 is 2.62 bits per heavy atom. The van der Waals surface area contributed by atoms with E-state index in [0.717, 1.165) is 0 Å². The number of likely N-dealkylation sites (tertiary alicyclic amines) is 1. The number of nitrogens with one attached hydrogen (secondary N) is 1. The molecule has 0 unspecified atom stereocenters. The topological polar surface area (TPSA) is 95.0 Å². The molecule has 0 saturated carbocycles. The van der Waals surface area contributed by atoms with Crippen molar-refractivity contribution in [1.29, 1.82) is 0 Å². The molecule has 2 atom stereocenters. The molecule has 3 saturated heterocycles. The van der Waals surface area contributed by atoms with E-state index < -0.39 is 11.6 Å². The van der Waals surface area contributed by atoms with Crippen LogP contribution >= 0.6 is 0 Å². The van der Waals surface area contributed by atoms with E-state index in [-0.39, 0.29) is 36.4 Å². The molecule has 222 valence electrons. The Balaban J connectivity index is 1.24. The SMILES string of the molecule is Cc1cc(Nc2ncnc3cc(OCC4(C)COC4)c(CC(=O)/C(F)=C/CN4C[C@@H]5OCCO[C@H]5C4)cc23)ccc1F. The standard InChI is InChI=1S/C31H34F2N4O5/c1-19-9-21(3-4-23(19)32)36-30-22-10-20(27(12-25(22)34-18-35-30)42-17-31(2)15-39-16-31)11-26(38)24(33)5-6-37-13-28-29(14-37)41-8-7-40-28/h3-5,9-10,12,18,28-29H,6-8,11,13-17H2,1-2H3,(H,34,35,36)/b24-5-/t28-,29-/m0/s1. The Morgan fingerprint density at radius 2 is 1.93 bits per heavy atom. The van der Waals surface area contributed by atoms with Crippen molar-refractivity contribution in [3.05, 3.63) is 65.5 Å². The highest BCUT2D eigenvalue weighted by molar-refractivity contribution is 5.97. The molecule has 0 amide bonds. The van der Waals surface area contributed by atoms with Gasteiger partial charge in [-0.05, 0) is 42.8 Å². The number of ketones is 1. The highest BCUT2D eigenvalue weighted by Gasteiger charge is 2.36. The number of allylic oxidation sites excluding steroid dienone is 1. The highest BCUT2D eigenvalue weighted by atomic mass is 19.1. The molecule has 3 aliphatic rings. The number of fused-ring (bicyclic) bond motifs is 2. The minimum Gasteiger partial charge on any atom is -0.492 e. The van der Waals surface area contributed by atoms with Crippen LogP contribution in [0.1, 0.15) is 18.1 Å². The summed E-state index contributed by atoms with van der Waals surface area (Å²) >= 11 is 0. The van der Waals surface area contributed by atoms with E-state index in [9.17, 15) is 9.18 Å². The fraction of sp³-hybridized carbons (Fsp3) is 0.452. The summed E-state index contributed by atoms with van der Waals surface area (Å²) in [5, 5.41) is 3.84. The van der Waals surface area contributed by atoms with Gasteiger partial charge < -0.3 is 24.3 Å². The smallest absolute Gasteiger partial charge is 0.195 e. The average Bonchev–Trinajstić information content (AvgIpc) is 3.39. The van der Waals surface area contributed by atoms with Crippen LogP contribution in [0.15, 0.2) is 48.6 Å². The first-order chi connectivity index (χ1) is 20.3. The number of aryl methyl sites for hydroxylation is 1. The van der Waals surface area contributed by atoms with Gasteiger partial charge in [0.25, 0.3) is 0 Å². The van der Waals surface area contributed by atoms with E-state index in [1.807, 2.05) is 4.90 Å². The molecule has 0 bridgehead atoms. The first-order valence-corrected chi connectivity index (χ1v) is 14.1. The normalized spacial score (nSPS) is 22.0. The van der Waals surface area contributed by atoms with Crippen molar-refractivity contribution in [2.75, 3.05) is 58.0 Å². The minimum atomic E-state index is -0.804. The second kappa shape index (κ2) is 12.0. The highest BCUT2D eigenvalue weighted by Crippen LogP contribution is 2.34. The van der Waals surface area contributed by atoms with Crippen LogP contribution in [0, 0.1) is 18.2 Å². The lowest BCUT2D eigenvalue weighted by Gasteiger charge is -2.37. The maximum atomic E-state index is 15.1. The van der Waals surface area contributed by atoms with Crippen LogP contribution in [0.2, 0.25) is 0 Å². The Kier molecular flexibility index (Phi) is 8.17. The van der Waals surface area contributed by atoms with Crippen LogP contribution in [-0.4, -0.2) is 85.5 Å². The lowest BCUT2D eigenvalue weighted by molar-refractivity contribution is -0.120. The van der Waals surface area contributed by atoms with Crippen LogP contribution < -0.4 is 10.1 Å². The number of hydrogen-bond donors (Lipinski definition) is 1. The summed E-state index contributed by atoms with van der Waals surface area (Å²) in [4.78, 5) is 23.9. The molecule has 3 fully saturated rings. The molecular formula is C31H34F2N4O5.